The predicted molar refractivity (Wildman–Crippen MR) is 139 cm³/mol. The molecule has 1 unspecified atom stereocenters. The van der Waals surface area contributed by atoms with Crippen LogP contribution in [0.4, 0.5) is 5.69 Å². The van der Waals surface area contributed by atoms with Gasteiger partial charge in [-0.3, -0.25) is 14.5 Å². The molecule has 1 amide bonds. The van der Waals surface area contributed by atoms with Crippen molar-refractivity contribution in [2.75, 3.05) is 12.0 Å². The quantitative estimate of drug-likeness (QED) is 0.200. The molecule has 0 saturated carbocycles. The monoisotopic (exact) mass is 493 g/mol. The molecule has 4 aromatic rings. The van der Waals surface area contributed by atoms with E-state index >= 15 is 0 Å². The van der Waals surface area contributed by atoms with E-state index in [1.807, 2.05) is 30.3 Å². The molecule has 5 rings (SSSR count). The summed E-state index contributed by atoms with van der Waals surface area (Å²) in [6, 6.07) is 27.9. The molecular formula is C30H23NO6. The molecule has 1 fully saturated rings. The molecule has 0 radical (unpaired) electrons. The Morgan fingerprint density at radius 3 is 2.11 bits per heavy atom. The number of ketones is 1. The van der Waals surface area contributed by atoms with Crippen molar-refractivity contribution >= 4 is 23.1 Å². The third kappa shape index (κ3) is 4.62. The largest absolute Gasteiger partial charge is 0.508 e. The number of aliphatic hydroxyl groups excluding tert-OH is 1. The number of aliphatic hydroxyl groups is 1. The third-order valence-corrected chi connectivity index (χ3v) is 6.09. The highest BCUT2D eigenvalue weighted by Crippen LogP contribution is 2.43. The van der Waals surface area contributed by atoms with Gasteiger partial charge in [-0.2, -0.15) is 0 Å². The standard InChI is InChI=1S/C30H23NO6/c1-36-25-9-5-6-20(18-25)28(33)26-27(19-10-14-22(32)15-11-19)31(30(35)29(26)34)21-12-16-24(17-13-21)37-23-7-3-2-4-8-23/h2-18,27,32-33H,1H3/b28-26-. The topological polar surface area (TPSA) is 96.3 Å². The molecule has 1 aliphatic heterocycles. The lowest BCUT2D eigenvalue weighted by Gasteiger charge is -2.25. The molecule has 1 aliphatic rings. The first-order chi connectivity index (χ1) is 18.0. The van der Waals surface area contributed by atoms with E-state index in [-0.39, 0.29) is 17.1 Å². The van der Waals surface area contributed by atoms with Gasteiger partial charge in [-0.05, 0) is 66.2 Å². The van der Waals surface area contributed by atoms with Crippen LogP contribution in [0.3, 0.4) is 0 Å². The van der Waals surface area contributed by atoms with Crippen molar-refractivity contribution < 1.29 is 29.3 Å². The number of hydrogen-bond donors (Lipinski definition) is 2. The van der Waals surface area contributed by atoms with Crippen LogP contribution in [0.1, 0.15) is 17.2 Å². The molecule has 7 nitrogen and oxygen atoms in total. The molecule has 7 heteroatoms. The maximum absolute atomic E-state index is 13.3. The van der Waals surface area contributed by atoms with Crippen LogP contribution in [0.15, 0.2) is 109 Å². The van der Waals surface area contributed by atoms with Crippen molar-refractivity contribution in [1.82, 2.24) is 0 Å². The first kappa shape index (κ1) is 23.7. The molecule has 1 atom stereocenters. The average molecular weight is 494 g/mol. The fourth-order valence-corrected chi connectivity index (χ4v) is 4.30. The number of para-hydroxylation sites is 1. The number of rotatable bonds is 6. The Balaban J connectivity index is 1.59. The van der Waals surface area contributed by atoms with Gasteiger partial charge >= 0.3 is 0 Å². The van der Waals surface area contributed by atoms with Gasteiger partial charge in [0, 0.05) is 11.3 Å². The number of benzene rings is 4. The Morgan fingerprint density at radius 1 is 0.784 bits per heavy atom. The lowest BCUT2D eigenvalue weighted by Crippen LogP contribution is -2.29. The molecular weight excluding hydrogens is 470 g/mol. The molecule has 0 spiro atoms. The Hall–Kier alpha value is -5.04. The Kier molecular flexibility index (Phi) is 6.34. The van der Waals surface area contributed by atoms with Gasteiger partial charge < -0.3 is 19.7 Å². The van der Waals surface area contributed by atoms with Crippen LogP contribution < -0.4 is 14.4 Å². The maximum atomic E-state index is 13.3. The van der Waals surface area contributed by atoms with E-state index in [4.69, 9.17) is 9.47 Å². The summed E-state index contributed by atoms with van der Waals surface area (Å²) < 4.78 is 11.1. The Labute approximate surface area is 213 Å². The summed E-state index contributed by atoms with van der Waals surface area (Å²) in [6.07, 6.45) is 0. The molecule has 0 aliphatic carbocycles. The Bertz CT molecular complexity index is 1480. The van der Waals surface area contributed by atoms with Crippen molar-refractivity contribution in [3.05, 3.63) is 120 Å². The predicted octanol–water partition coefficient (Wildman–Crippen LogP) is 5.82. The summed E-state index contributed by atoms with van der Waals surface area (Å²) in [7, 11) is 1.50. The second-order valence-corrected chi connectivity index (χ2v) is 8.40. The first-order valence-corrected chi connectivity index (χ1v) is 11.5. The minimum Gasteiger partial charge on any atom is -0.508 e. The van der Waals surface area contributed by atoms with Gasteiger partial charge in [-0.25, -0.2) is 0 Å². The number of anilines is 1. The second kappa shape index (κ2) is 9.91. The summed E-state index contributed by atoms with van der Waals surface area (Å²) in [6.45, 7) is 0. The summed E-state index contributed by atoms with van der Waals surface area (Å²) in [5.74, 6) is -0.157. The SMILES string of the molecule is COc1cccc(/C(O)=C2/C(=O)C(=O)N(c3ccc(Oc4ccccc4)cc3)C2c2ccc(O)cc2)c1. The molecule has 37 heavy (non-hydrogen) atoms. The summed E-state index contributed by atoms with van der Waals surface area (Å²) in [5.41, 5.74) is 1.28. The number of hydrogen-bond acceptors (Lipinski definition) is 6. The van der Waals surface area contributed by atoms with E-state index in [1.165, 1.54) is 24.1 Å². The van der Waals surface area contributed by atoms with E-state index in [2.05, 4.69) is 0 Å². The molecule has 4 aromatic carbocycles. The zero-order valence-electron chi connectivity index (χ0n) is 19.9. The summed E-state index contributed by atoms with van der Waals surface area (Å²) in [4.78, 5) is 28.0. The van der Waals surface area contributed by atoms with Crippen molar-refractivity contribution in [3.63, 3.8) is 0 Å². The minimum absolute atomic E-state index is 0.0379. The molecule has 1 saturated heterocycles. The number of amides is 1. The normalized spacial score (nSPS) is 16.6. The first-order valence-electron chi connectivity index (χ1n) is 11.5. The number of ether oxygens (including phenoxy) is 2. The van der Waals surface area contributed by atoms with Gasteiger partial charge in [-0.1, -0.05) is 42.5 Å². The van der Waals surface area contributed by atoms with Crippen molar-refractivity contribution in [1.29, 1.82) is 0 Å². The second-order valence-electron chi connectivity index (χ2n) is 8.40. The van der Waals surface area contributed by atoms with E-state index in [9.17, 15) is 19.8 Å². The molecule has 0 aromatic heterocycles. The lowest BCUT2D eigenvalue weighted by molar-refractivity contribution is -0.132. The van der Waals surface area contributed by atoms with Gasteiger partial charge in [0.25, 0.3) is 11.7 Å². The van der Waals surface area contributed by atoms with Crippen LogP contribution in [0.2, 0.25) is 0 Å². The highest BCUT2D eigenvalue weighted by molar-refractivity contribution is 6.51. The highest BCUT2D eigenvalue weighted by atomic mass is 16.5. The maximum Gasteiger partial charge on any atom is 0.300 e. The van der Waals surface area contributed by atoms with Gasteiger partial charge in [0.1, 0.15) is 28.8 Å². The zero-order valence-corrected chi connectivity index (χ0v) is 19.9. The van der Waals surface area contributed by atoms with E-state index < -0.39 is 17.7 Å². The minimum atomic E-state index is -0.923. The number of carbonyl (C=O) groups excluding carboxylic acids is 2. The number of aromatic hydroxyl groups is 1. The number of nitrogens with zero attached hydrogens (tertiary/aromatic N) is 1. The highest BCUT2D eigenvalue weighted by Gasteiger charge is 2.47. The molecule has 2 N–H and O–H groups in total. The number of phenolic OH excluding ortho intramolecular Hbond substituents is 1. The average Bonchev–Trinajstić information content (AvgIpc) is 3.20. The van der Waals surface area contributed by atoms with Crippen LogP contribution in [-0.2, 0) is 9.59 Å². The van der Waals surface area contributed by atoms with E-state index in [0.717, 1.165) is 0 Å². The van der Waals surface area contributed by atoms with Gasteiger partial charge in [0.05, 0.1) is 18.7 Å². The number of Topliss-reactive ketones (excluding diaryl/α,β-unsaturated/α-hetero) is 1. The fourth-order valence-electron chi connectivity index (χ4n) is 4.30. The van der Waals surface area contributed by atoms with Crippen LogP contribution in [0, 0.1) is 0 Å². The van der Waals surface area contributed by atoms with Crippen LogP contribution in [-0.4, -0.2) is 29.0 Å². The van der Waals surface area contributed by atoms with Gasteiger partial charge in [0.2, 0.25) is 0 Å². The number of carbonyl (C=O) groups is 2. The summed E-state index contributed by atoms with van der Waals surface area (Å²) in [5, 5.41) is 21.1. The summed E-state index contributed by atoms with van der Waals surface area (Å²) >= 11 is 0. The fraction of sp³-hybridized carbons (Fsp3) is 0.0667. The number of phenols is 1. The van der Waals surface area contributed by atoms with Crippen LogP contribution in [0.25, 0.3) is 5.76 Å². The van der Waals surface area contributed by atoms with Gasteiger partial charge in [0.15, 0.2) is 0 Å². The van der Waals surface area contributed by atoms with Crippen molar-refractivity contribution in [3.8, 4) is 23.0 Å². The van der Waals surface area contributed by atoms with Crippen LogP contribution in [0.5, 0.6) is 23.0 Å². The smallest absolute Gasteiger partial charge is 0.300 e. The van der Waals surface area contributed by atoms with E-state index in [0.29, 0.717) is 34.1 Å². The van der Waals surface area contributed by atoms with Crippen LogP contribution >= 0.6 is 0 Å². The zero-order chi connectivity index (χ0) is 25.9. The molecule has 1 heterocycles. The Morgan fingerprint density at radius 2 is 1.43 bits per heavy atom. The third-order valence-electron chi connectivity index (χ3n) is 6.09. The van der Waals surface area contributed by atoms with Crippen molar-refractivity contribution in [2.45, 2.75) is 6.04 Å². The number of methoxy groups -OCH3 is 1. The van der Waals surface area contributed by atoms with E-state index in [1.54, 1.807) is 60.7 Å². The molecule has 184 valence electrons. The lowest BCUT2D eigenvalue weighted by atomic mass is 9.95. The van der Waals surface area contributed by atoms with Gasteiger partial charge in [-0.15, -0.1) is 0 Å². The van der Waals surface area contributed by atoms with Crippen molar-refractivity contribution in [2.24, 2.45) is 0 Å². The molecule has 0 bridgehead atoms.